The predicted octanol–water partition coefficient (Wildman–Crippen LogP) is -1.00. The number of hydrogen-bond acceptors (Lipinski definition) is 8. The summed E-state index contributed by atoms with van der Waals surface area (Å²) in [4.78, 5) is 29.6. The van der Waals surface area contributed by atoms with Crippen molar-refractivity contribution in [3.63, 3.8) is 0 Å². The van der Waals surface area contributed by atoms with Crippen molar-refractivity contribution in [1.29, 1.82) is 0 Å². The normalized spacial score (nSPS) is 23.8. The number of amides is 1. The standard InChI is InChI=1S/C15H18N6O3/c22-12-8-21(13-1-3-17-10-20-13)6-2-15(12,24)9-19-14(23)11-7-16-4-5-18-11/h1,3-5,7,10,12,22,24H,2,6,8-9H2,(H,19,23)/t12-,15-/m1/s1. The number of aliphatic hydroxyl groups is 2. The maximum atomic E-state index is 12.0. The van der Waals surface area contributed by atoms with Gasteiger partial charge in [0.1, 0.15) is 29.5 Å². The third kappa shape index (κ3) is 3.47. The first kappa shape index (κ1) is 16.2. The molecule has 3 N–H and O–H groups in total. The summed E-state index contributed by atoms with van der Waals surface area (Å²) in [7, 11) is 0. The van der Waals surface area contributed by atoms with Crippen LogP contribution in [0.5, 0.6) is 0 Å². The smallest absolute Gasteiger partial charge is 0.271 e. The third-order valence-electron chi connectivity index (χ3n) is 4.07. The zero-order valence-electron chi connectivity index (χ0n) is 12.9. The summed E-state index contributed by atoms with van der Waals surface area (Å²) in [5.74, 6) is 0.247. The van der Waals surface area contributed by atoms with Crippen LogP contribution in [0.15, 0.2) is 37.2 Å². The van der Waals surface area contributed by atoms with Gasteiger partial charge in [0.15, 0.2) is 0 Å². The van der Waals surface area contributed by atoms with Crippen LogP contribution in [0.25, 0.3) is 0 Å². The molecule has 0 unspecified atom stereocenters. The van der Waals surface area contributed by atoms with E-state index in [1.807, 2.05) is 4.90 Å². The fraction of sp³-hybridized carbons (Fsp3) is 0.400. The number of hydrogen-bond donors (Lipinski definition) is 3. The lowest BCUT2D eigenvalue weighted by atomic mass is 9.88. The van der Waals surface area contributed by atoms with Gasteiger partial charge in [-0.1, -0.05) is 0 Å². The maximum Gasteiger partial charge on any atom is 0.271 e. The molecule has 126 valence electrons. The van der Waals surface area contributed by atoms with Gasteiger partial charge in [0, 0.05) is 38.2 Å². The minimum absolute atomic E-state index is 0.0683. The van der Waals surface area contributed by atoms with E-state index in [1.165, 1.54) is 24.9 Å². The molecule has 1 aliphatic heterocycles. The van der Waals surface area contributed by atoms with Gasteiger partial charge in [0.2, 0.25) is 0 Å². The number of aliphatic hydroxyl groups excluding tert-OH is 1. The molecule has 1 amide bonds. The fourth-order valence-electron chi connectivity index (χ4n) is 2.59. The molecule has 2 aromatic heterocycles. The molecule has 9 heteroatoms. The summed E-state index contributed by atoms with van der Waals surface area (Å²) in [5, 5.41) is 23.6. The van der Waals surface area contributed by atoms with Gasteiger partial charge in [-0.3, -0.25) is 9.78 Å². The number of nitrogens with one attached hydrogen (secondary N) is 1. The molecule has 0 radical (unpaired) electrons. The van der Waals surface area contributed by atoms with Crippen molar-refractivity contribution in [1.82, 2.24) is 25.3 Å². The van der Waals surface area contributed by atoms with Gasteiger partial charge in [-0.15, -0.1) is 0 Å². The molecule has 1 fully saturated rings. The lowest BCUT2D eigenvalue weighted by Gasteiger charge is -2.42. The van der Waals surface area contributed by atoms with E-state index < -0.39 is 17.6 Å². The zero-order chi connectivity index (χ0) is 17.0. The molecule has 3 heterocycles. The van der Waals surface area contributed by atoms with Crippen LogP contribution in [0.4, 0.5) is 5.82 Å². The Labute approximate surface area is 138 Å². The second kappa shape index (κ2) is 6.85. The van der Waals surface area contributed by atoms with E-state index in [4.69, 9.17) is 0 Å². The Bertz CT molecular complexity index is 686. The van der Waals surface area contributed by atoms with Crippen molar-refractivity contribution in [2.24, 2.45) is 0 Å². The van der Waals surface area contributed by atoms with Crippen molar-refractivity contribution in [3.8, 4) is 0 Å². The van der Waals surface area contributed by atoms with E-state index in [9.17, 15) is 15.0 Å². The Balaban J connectivity index is 1.59. The van der Waals surface area contributed by atoms with Crippen LogP contribution in [0.2, 0.25) is 0 Å². The zero-order valence-corrected chi connectivity index (χ0v) is 12.9. The Kier molecular flexibility index (Phi) is 4.63. The van der Waals surface area contributed by atoms with Crippen molar-refractivity contribution in [3.05, 3.63) is 42.9 Å². The van der Waals surface area contributed by atoms with E-state index >= 15 is 0 Å². The second-order valence-electron chi connectivity index (χ2n) is 5.66. The molecule has 0 aromatic carbocycles. The molecule has 2 aromatic rings. The summed E-state index contributed by atoms with van der Waals surface area (Å²) in [6.45, 7) is 0.654. The number of aromatic nitrogens is 4. The largest absolute Gasteiger partial charge is 0.388 e. The molecule has 0 saturated carbocycles. The van der Waals surface area contributed by atoms with E-state index in [1.54, 1.807) is 12.3 Å². The minimum Gasteiger partial charge on any atom is -0.388 e. The number of anilines is 1. The molecule has 2 atom stereocenters. The molecule has 3 rings (SSSR count). The highest BCUT2D eigenvalue weighted by Crippen LogP contribution is 2.25. The SMILES string of the molecule is O=C(NC[C@]1(O)CCN(c2ccncn2)C[C@H]1O)c1cnccn1. The van der Waals surface area contributed by atoms with Gasteiger partial charge in [0.05, 0.1) is 6.20 Å². The monoisotopic (exact) mass is 330 g/mol. The van der Waals surface area contributed by atoms with Crippen LogP contribution in [-0.2, 0) is 0 Å². The highest BCUT2D eigenvalue weighted by molar-refractivity contribution is 5.91. The second-order valence-corrected chi connectivity index (χ2v) is 5.66. The molecule has 1 saturated heterocycles. The van der Waals surface area contributed by atoms with Crippen LogP contribution >= 0.6 is 0 Å². The lowest BCUT2D eigenvalue weighted by Crippen LogP contribution is -2.60. The molecule has 24 heavy (non-hydrogen) atoms. The Hall–Kier alpha value is -2.65. The summed E-state index contributed by atoms with van der Waals surface area (Å²) in [6, 6.07) is 1.74. The van der Waals surface area contributed by atoms with Crippen LogP contribution in [0.1, 0.15) is 16.9 Å². The number of rotatable bonds is 4. The molecule has 0 spiro atoms. The van der Waals surface area contributed by atoms with E-state index in [0.29, 0.717) is 18.8 Å². The lowest BCUT2D eigenvalue weighted by molar-refractivity contribution is -0.0825. The van der Waals surface area contributed by atoms with Gasteiger partial charge in [-0.2, -0.15) is 0 Å². The van der Waals surface area contributed by atoms with Crippen molar-refractivity contribution >= 4 is 11.7 Å². The van der Waals surface area contributed by atoms with Crippen LogP contribution in [-0.4, -0.2) is 67.4 Å². The van der Waals surface area contributed by atoms with Crippen molar-refractivity contribution in [2.45, 2.75) is 18.1 Å². The summed E-state index contributed by atoms with van der Waals surface area (Å²) in [5.41, 5.74) is -1.24. The first-order valence-electron chi connectivity index (χ1n) is 7.54. The molecule has 0 aliphatic carbocycles. The molecular weight excluding hydrogens is 312 g/mol. The Morgan fingerprint density at radius 3 is 2.88 bits per heavy atom. The summed E-state index contributed by atoms with van der Waals surface area (Å²) >= 11 is 0. The molecule has 1 aliphatic rings. The number of piperidine rings is 1. The van der Waals surface area contributed by atoms with Gasteiger partial charge < -0.3 is 20.4 Å². The Morgan fingerprint density at radius 1 is 1.33 bits per heavy atom. The summed E-state index contributed by atoms with van der Waals surface area (Å²) < 4.78 is 0. The molecular formula is C15H18N6O3. The number of β-amino-alcohol motifs (C(OH)–C–C–N with tert-alkyl or cyclic N) is 1. The highest BCUT2D eigenvalue weighted by Gasteiger charge is 2.41. The highest BCUT2D eigenvalue weighted by atomic mass is 16.3. The quantitative estimate of drug-likeness (QED) is 0.652. The van der Waals surface area contributed by atoms with Crippen molar-refractivity contribution in [2.75, 3.05) is 24.5 Å². The van der Waals surface area contributed by atoms with Gasteiger partial charge >= 0.3 is 0 Å². The van der Waals surface area contributed by atoms with Crippen LogP contribution in [0.3, 0.4) is 0 Å². The predicted molar refractivity (Wildman–Crippen MR) is 84.2 cm³/mol. The molecule has 9 nitrogen and oxygen atoms in total. The first-order chi connectivity index (χ1) is 11.6. The number of nitrogens with zero attached hydrogens (tertiary/aromatic N) is 5. The maximum absolute atomic E-state index is 12.0. The number of carbonyl (C=O) groups is 1. The topological polar surface area (TPSA) is 124 Å². The minimum atomic E-state index is -1.40. The average Bonchev–Trinajstić information content (AvgIpc) is 2.64. The van der Waals surface area contributed by atoms with E-state index in [-0.39, 0.29) is 18.8 Å². The third-order valence-corrected chi connectivity index (χ3v) is 4.07. The molecule has 0 bridgehead atoms. The Morgan fingerprint density at radius 2 is 2.21 bits per heavy atom. The average molecular weight is 330 g/mol. The van der Waals surface area contributed by atoms with Crippen molar-refractivity contribution < 1.29 is 15.0 Å². The van der Waals surface area contributed by atoms with Gasteiger partial charge in [-0.25, -0.2) is 15.0 Å². The van der Waals surface area contributed by atoms with Gasteiger partial charge in [0.25, 0.3) is 5.91 Å². The van der Waals surface area contributed by atoms with Crippen LogP contribution in [0, 0.1) is 0 Å². The summed E-state index contributed by atoms with van der Waals surface area (Å²) in [6.07, 6.45) is 6.55. The number of carbonyl (C=O) groups excluding carboxylic acids is 1. The van der Waals surface area contributed by atoms with E-state index in [0.717, 1.165) is 0 Å². The fourth-order valence-corrected chi connectivity index (χ4v) is 2.59. The first-order valence-corrected chi connectivity index (χ1v) is 7.54. The van der Waals surface area contributed by atoms with Crippen LogP contribution < -0.4 is 10.2 Å². The van der Waals surface area contributed by atoms with E-state index in [2.05, 4.69) is 25.3 Å². The van der Waals surface area contributed by atoms with Gasteiger partial charge in [-0.05, 0) is 12.5 Å².